The van der Waals surface area contributed by atoms with Crippen LogP contribution in [0.25, 0.3) is 5.69 Å². The predicted octanol–water partition coefficient (Wildman–Crippen LogP) is 4.55. The Kier molecular flexibility index (Phi) is 5.33. The van der Waals surface area contributed by atoms with Crippen LogP contribution < -0.4 is 10.1 Å². The molecule has 1 N–H and O–H groups in total. The number of hydrogen-bond donors (Lipinski definition) is 1. The number of hydrogen-bond acceptors (Lipinski definition) is 4. The molecule has 0 bridgehead atoms. The van der Waals surface area contributed by atoms with E-state index in [0.717, 1.165) is 17.0 Å². The Labute approximate surface area is 168 Å². The van der Waals surface area contributed by atoms with Gasteiger partial charge in [-0.15, -0.1) is 0 Å². The van der Waals surface area contributed by atoms with E-state index in [-0.39, 0.29) is 11.9 Å². The van der Waals surface area contributed by atoms with Gasteiger partial charge >= 0.3 is 0 Å². The van der Waals surface area contributed by atoms with Crippen molar-refractivity contribution < 1.29 is 9.53 Å². The van der Waals surface area contributed by atoms with Gasteiger partial charge in [0.05, 0.1) is 11.7 Å². The molecule has 1 heterocycles. The van der Waals surface area contributed by atoms with Crippen LogP contribution in [0.3, 0.4) is 0 Å². The molecule has 0 aliphatic rings. The van der Waals surface area contributed by atoms with E-state index < -0.39 is 0 Å². The van der Waals surface area contributed by atoms with Crippen LogP contribution in [0.5, 0.6) is 11.5 Å². The lowest BCUT2D eigenvalue weighted by molar-refractivity contribution is 0.0939. The van der Waals surface area contributed by atoms with Crippen LogP contribution in [0.15, 0.2) is 91.5 Å². The second kappa shape index (κ2) is 8.39. The fourth-order valence-corrected chi connectivity index (χ4v) is 2.95. The van der Waals surface area contributed by atoms with E-state index in [9.17, 15) is 4.79 Å². The Morgan fingerprint density at radius 1 is 0.966 bits per heavy atom. The van der Waals surface area contributed by atoms with Gasteiger partial charge in [-0.25, -0.2) is 9.67 Å². The summed E-state index contributed by atoms with van der Waals surface area (Å²) >= 11 is 0. The topological polar surface area (TPSA) is 69.0 Å². The van der Waals surface area contributed by atoms with Gasteiger partial charge in [0.2, 0.25) is 0 Å². The molecule has 6 heteroatoms. The number of benzene rings is 3. The Hall–Kier alpha value is -3.93. The summed E-state index contributed by atoms with van der Waals surface area (Å²) < 4.78 is 7.50. The van der Waals surface area contributed by atoms with Crippen molar-refractivity contribution in [2.24, 2.45) is 0 Å². The molecule has 1 atom stereocenters. The third-order valence-electron chi connectivity index (χ3n) is 4.50. The maximum atomic E-state index is 12.7. The lowest BCUT2D eigenvalue weighted by atomic mass is 10.1. The first-order chi connectivity index (χ1) is 14.2. The molecule has 0 saturated carbocycles. The highest BCUT2D eigenvalue weighted by Gasteiger charge is 2.13. The van der Waals surface area contributed by atoms with Crippen molar-refractivity contribution in [1.29, 1.82) is 0 Å². The minimum Gasteiger partial charge on any atom is -0.457 e. The largest absolute Gasteiger partial charge is 0.457 e. The number of nitrogens with zero attached hydrogens (tertiary/aromatic N) is 3. The second-order valence-corrected chi connectivity index (χ2v) is 6.57. The minimum atomic E-state index is -0.156. The third-order valence-corrected chi connectivity index (χ3v) is 4.50. The normalized spacial score (nSPS) is 11.6. The van der Waals surface area contributed by atoms with Crippen molar-refractivity contribution in [2.75, 3.05) is 0 Å². The van der Waals surface area contributed by atoms with E-state index in [4.69, 9.17) is 4.74 Å². The lowest BCUT2D eigenvalue weighted by Gasteiger charge is -2.15. The molecule has 1 aromatic heterocycles. The highest BCUT2D eigenvalue weighted by molar-refractivity contribution is 5.94. The van der Waals surface area contributed by atoms with Crippen LogP contribution in [0, 0.1) is 0 Å². The van der Waals surface area contributed by atoms with Gasteiger partial charge in [-0.3, -0.25) is 4.79 Å². The number of aromatic nitrogens is 3. The first-order valence-electron chi connectivity index (χ1n) is 9.28. The van der Waals surface area contributed by atoms with E-state index in [0.29, 0.717) is 11.3 Å². The van der Waals surface area contributed by atoms with Gasteiger partial charge in [-0.2, -0.15) is 5.10 Å². The molecule has 3 aromatic carbocycles. The average molecular weight is 384 g/mol. The molecule has 1 amide bonds. The van der Waals surface area contributed by atoms with Crippen LogP contribution in [0.4, 0.5) is 0 Å². The Morgan fingerprint density at radius 3 is 2.45 bits per heavy atom. The highest BCUT2D eigenvalue weighted by Crippen LogP contribution is 2.22. The molecular weight excluding hydrogens is 364 g/mol. The van der Waals surface area contributed by atoms with E-state index in [2.05, 4.69) is 15.4 Å². The number of amides is 1. The molecule has 6 nitrogen and oxygen atoms in total. The summed E-state index contributed by atoms with van der Waals surface area (Å²) in [5, 5.41) is 7.14. The fraction of sp³-hybridized carbons (Fsp3) is 0.0870. The van der Waals surface area contributed by atoms with Crippen molar-refractivity contribution in [1.82, 2.24) is 20.1 Å². The van der Waals surface area contributed by atoms with Crippen molar-refractivity contribution in [3.05, 3.63) is 103 Å². The molecule has 0 aliphatic carbocycles. The third kappa shape index (κ3) is 4.50. The Morgan fingerprint density at radius 2 is 1.72 bits per heavy atom. The summed E-state index contributed by atoms with van der Waals surface area (Å²) in [6.45, 7) is 1.95. The van der Waals surface area contributed by atoms with Crippen LogP contribution in [-0.4, -0.2) is 20.7 Å². The van der Waals surface area contributed by atoms with Crippen LogP contribution in [-0.2, 0) is 0 Å². The number of carbonyl (C=O) groups is 1. The molecular formula is C23H20N4O2. The van der Waals surface area contributed by atoms with Crippen molar-refractivity contribution in [3.63, 3.8) is 0 Å². The molecule has 4 rings (SSSR count). The summed E-state index contributed by atoms with van der Waals surface area (Å²) in [5.74, 6) is 1.19. The van der Waals surface area contributed by atoms with Gasteiger partial charge < -0.3 is 10.1 Å². The zero-order valence-corrected chi connectivity index (χ0v) is 15.9. The number of ether oxygens (including phenoxy) is 1. The molecule has 0 aliphatic heterocycles. The van der Waals surface area contributed by atoms with Gasteiger partial charge in [0.15, 0.2) is 0 Å². The molecule has 0 radical (unpaired) electrons. The van der Waals surface area contributed by atoms with Crippen LogP contribution in [0.2, 0.25) is 0 Å². The molecule has 0 spiro atoms. The number of nitrogens with one attached hydrogen (secondary N) is 1. The summed E-state index contributed by atoms with van der Waals surface area (Å²) in [5.41, 5.74) is 2.46. The average Bonchev–Trinajstić information content (AvgIpc) is 3.30. The fourth-order valence-electron chi connectivity index (χ4n) is 2.95. The lowest BCUT2D eigenvalue weighted by Crippen LogP contribution is -2.26. The summed E-state index contributed by atoms with van der Waals surface area (Å²) in [7, 11) is 0. The summed E-state index contributed by atoms with van der Waals surface area (Å²) in [6.07, 6.45) is 3.14. The molecule has 29 heavy (non-hydrogen) atoms. The van der Waals surface area contributed by atoms with Crippen LogP contribution >= 0.6 is 0 Å². The molecule has 4 aromatic rings. The maximum Gasteiger partial charge on any atom is 0.251 e. The minimum absolute atomic E-state index is 0.147. The monoisotopic (exact) mass is 384 g/mol. The van der Waals surface area contributed by atoms with Crippen molar-refractivity contribution >= 4 is 5.91 Å². The van der Waals surface area contributed by atoms with Gasteiger partial charge in [-0.05, 0) is 55.0 Å². The number of carbonyl (C=O) groups excluding carboxylic acids is 1. The highest BCUT2D eigenvalue weighted by atomic mass is 16.5. The Bertz CT molecular complexity index is 1080. The zero-order chi connectivity index (χ0) is 20.1. The van der Waals surface area contributed by atoms with Crippen LogP contribution in [0.1, 0.15) is 28.9 Å². The van der Waals surface area contributed by atoms with Gasteiger partial charge in [-0.1, -0.05) is 36.4 Å². The van der Waals surface area contributed by atoms with Crippen molar-refractivity contribution in [3.8, 4) is 17.2 Å². The smallest absolute Gasteiger partial charge is 0.251 e. The SMILES string of the molecule is C[C@H](NC(=O)c1cccc(Oc2ccccc2)c1)c1ccc(-n2cncn2)cc1. The number of para-hydroxylation sites is 1. The standard InChI is InChI=1S/C23H20N4O2/c1-17(18-10-12-20(13-11-18)27-16-24-15-25-27)26-23(28)19-6-5-9-22(14-19)29-21-7-3-2-4-8-21/h2-17H,1H3,(H,26,28)/t17-/m0/s1. The molecule has 144 valence electrons. The second-order valence-electron chi connectivity index (χ2n) is 6.57. The summed E-state index contributed by atoms with van der Waals surface area (Å²) in [6, 6.07) is 24.3. The molecule has 0 saturated heterocycles. The van der Waals surface area contributed by atoms with E-state index in [1.165, 1.54) is 6.33 Å². The van der Waals surface area contributed by atoms with E-state index in [1.54, 1.807) is 23.1 Å². The number of rotatable bonds is 6. The van der Waals surface area contributed by atoms with Gasteiger partial charge in [0.25, 0.3) is 5.91 Å². The molecule has 0 unspecified atom stereocenters. The molecule has 0 fully saturated rings. The maximum absolute atomic E-state index is 12.7. The van der Waals surface area contributed by atoms with E-state index >= 15 is 0 Å². The predicted molar refractivity (Wildman–Crippen MR) is 110 cm³/mol. The first kappa shape index (κ1) is 18.4. The van der Waals surface area contributed by atoms with E-state index in [1.807, 2.05) is 73.7 Å². The first-order valence-corrected chi connectivity index (χ1v) is 9.28. The Balaban J connectivity index is 1.43. The summed E-state index contributed by atoms with van der Waals surface area (Å²) in [4.78, 5) is 16.6. The zero-order valence-electron chi connectivity index (χ0n) is 15.9. The van der Waals surface area contributed by atoms with Crippen molar-refractivity contribution in [2.45, 2.75) is 13.0 Å². The van der Waals surface area contributed by atoms with Gasteiger partial charge in [0.1, 0.15) is 24.2 Å². The van der Waals surface area contributed by atoms with Gasteiger partial charge in [0, 0.05) is 5.56 Å². The quantitative estimate of drug-likeness (QED) is 0.529.